The maximum atomic E-state index is 11.5. The van der Waals surface area contributed by atoms with Crippen molar-refractivity contribution in [2.75, 3.05) is 0 Å². The number of carbonyl (C=O) groups excluding carboxylic acids is 1. The molecule has 17 heavy (non-hydrogen) atoms. The summed E-state index contributed by atoms with van der Waals surface area (Å²) in [6.45, 7) is 3.83. The highest BCUT2D eigenvalue weighted by atomic mass is 79.9. The third-order valence-corrected chi connectivity index (χ3v) is 3.17. The van der Waals surface area contributed by atoms with Gasteiger partial charge in [0.15, 0.2) is 0 Å². The Morgan fingerprint density at radius 1 is 1.41 bits per heavy atom. The van der Waals surface area contributed by atoms with E-state index in [1.54, 1.807) is 0 Å². The molecule has 0 aliphatic rings. The zero-order valence-electron chi connectivity index (χ0n) is 10.2. The number of nitrogens with one attached hydrogen (secondary N) is 1. The quantitative estimate of drug-likeness (QED) is 0.876. The number of halogens is 1. The summed E-state index contributed by atoms with van der Waals surface area (Å²) in [6.07, 6.45) is 1.19. The topological polar surface area (TPSA) is 55.1 Å². The van der Waals surface area contributed by atoms with Crippen LogP contribution in [0.15, 0.2) is 28.7 Å². The van der Waals surface area contributed by atoms with Crippen molar-refractivity contribution in [1.82, 2.24) is 5.32 Å². The normalized spacial score (nSPS) is 14.1. The predicted molar refractivity (Wildman–Crippen MR) is 73.7 cm³/mol. The fourth-order valence-corrected chi connectivity index (χ4v) is 2.12. The summed E-state index contributed by atoms with van der Waals surface area (Å²) >= 11 is 3.50. The van der Waals surface area contributed by atoms with Crippen LogP contribution in [0.3, 0.4) is 0 Å². The van der Waals surface area contributed by atoms with E-state index in [-0.39, 0.29) is 18.0 Å². The van der Waals surface area contributed by atoms with Gasteiger partial charge in [0.1, 0.15) is 0 Å². The number of amides is 1. The minimum atomic E-state index is -0.0920. The van der Waals surface area contributed by atoms with E-state index in [4.69, 9.17) is 5.73 Å². The molecule has 0 aliphatic carbocycles. The highest BCUT2D eigenvalue weighted by Gasteiger charge is 2.10. The molecule has 0 fully saturated rings. The summed E-state index contributed by atoms with van der Waals surface area (Å²) < 4.78 is 1.08. The third kappa shape index (κ3) is 5.33. The summed E-state index contributed by atoms with van der Waals surface area (Å²) in [6, 6.07) is 8.05. The molecule has 0 bridgehead atoms. The van der Waals surface area contributed by atoms with Gasteiger partial charge in [0.05, 0.1) is 0 Å². The molecule has 1 rings (SSSR count). The van der Waals surface area contributed by atoms with Crippen molar-refractivity contribution in [2.45, 2.75) is 38.8 Å². The van der Waals surface area contributed by atoms with Crippen LogP contribution in [-0.2, 0) is 11.2 Å². The predicted octanol–water partition coefficient (Wildman–Crippen LogP) is 2.23. The van der Waals surface area contributed by atoms with Crippen LogP contribution >= 0.6 is 15.9 Å². The largest absolute Gasteiger partial charge is 0.353 e. The van der Waals surface area contributed by atoms with E-state index in [2.05, 4.69) is 27.3 Å². The number of nitrogens with two attached hydrogens (primary N) is 1. The minimum Gasteiger partial charge on any atom is -0.353 e. The van der Waals surface area contributed by atoms with Gasteiger partial charge < -0.3 is 11.1 Å². The van der Waals surface area contributed by atoms with Gasteiger partial charge >= 0.3 is 0 Å². The lowest BCUT2D eigenvalue weighted by Gasteiger charge is -2.15. The van der Waals surface area contributed by atoms with Gasteiger partial charge in [-0.05, 0) is 31.9 Å². The van der Waals surface area contributed by atoms with Crippen molar-refractivity contribution in [2.24, 2.45) is 5.73 Å². The van der Waals surface area contributed by atoms with E-state index >= 15 is 0 Å². The second-order valence-corrected chi connectivity index (χ2v) is 5.30. The van der Waals surface area contributed by atoms with Crippen molar-refractivity contribution in [1.29, 1.82) is 0 Å². The Labute approximate surface area is 111 Å². The Bertz CT molecular complexity index is 379. The summed E-state index contributed by atoms with van der Waals surface area (Å²) in [5, 5.41) is 2.95. The first-order chi connectivity index (χ1) is 7.99. The van der Waals surface area contributed by atoms with E-state index in [0.29, 0.717) is 6.42 Å². The molecule has 0 radical (unpaired) electrons. The summed E-state index contributed by atoms with van der Waals surface area (Å²) in [5.74, 6) is 0.0135. The van der Waals surface area contributed by atoms with Crippen LogP contribution in [0, 0.1) is 0 Å². The minimum absolute atomic E-state index is 0.0135. The van der Waals surface area contributed by atoms with Gasteiger partial charge in [0.2, 0.25) is 5.91 Å². The van der Waals surface area contributed by atoms with Gasteiger partial charge in [0.25, 0.3) is 0 Å². The average molecular weight is 299 g/mol. The van der Waals surface area contributed by atoms with Crippen LogP contribution in [0.4, 0.5) is 0 Å². The molecular formula is C13H19BrN2O. The Morgan fingerprint density at radius 3 is 2.65 bits per heavy atom. The molecular weight excluding hydrogens is 280 g/mol. The van der Waals surface area contributed by atoms with Crippen molar-refractivity contribution in [3.63, 3.8) is 0 Å². The number of hydrogen-bond acceptors (Lipinski definition) is 2. The van der Waals surface area contributed by atoms with Crippen LogP contribution in [0.5, 0.6) is 0 Å². The summed E-state index contributed by atoms with van der Waals surface area (Å²) in [7, 11) is 0. The molecule has 0 saturated heterocycles. The molecule has 94 valence electrons. The zero-order chi connectivity index (χ0) is 12.8. The number of hydrogen-bond donors (Lipinski definition) is 2. The molecule has 1 aromatic rings. The summed E-state index contributed by atoms with van der Waals surface area (Å²) in [5.41, 5.74) is 6.77. The lowest BCUT2D eigenvalue weighted by Crippen LogP contribution is -2.37. The van der Waals surface area contributed by atoms with Crippen LogP contribution in [0.1, 0.15) is 25.8 Å². The fraction of sp³-hybridized carbons (Fsp3) is 0.462. The van der Waals surface area contributed by atoms with Crippen LogP contribution in [0.25, 0.3) is 0 Å². The SMILES string of the molecule is CC(N)CC(=O)NC(C)Cc1ccccc1Br. The number of rotatable bonds is 5. The first-order valence-corrected chi connectivity index (χ1v) is 6.56. The smallest absolute Gasteiger partial charge is 0.221 e. The van der Waals surface area contributed by atoms with Crippen molar-refractivity contribution < 1.29 is 4.79 Å². The average Bonchev–Trinajstić information content (AvgIpc) is 2.19. The molecule has 1 amide bonds. The Morgan fingerprint density at radius 2 is 2.06 bits per heavy atom. The van der Waals surface area contributed by atoms with Gasteiger partial charge in [-0.3, -0.25) is 4.79 Å². The molecule has 0 saturated carbocycles. The van der Waals surface area contributed by atoms with Crippen LogP contribution in [-0.4, -0.2) is 18.0 Å². The Kier molecular flexibility index (Phi) is 5.65. The van der Waals surface area contributed by atoms with Gasteiger partial charge in [0, 0.05) is 23.0 Å². The van der Waals surface area contributed by atoms with E-state index in [0.717, 1.165) is 10.9 Å². The molecule has 0 aliphatic heterocycles. The molecule has 0 spiro atoms. The molecule has 2 unspecified atom stereocenters. The lowest BCUT2D eigenvalue weighted by atomic mass is 10.1. The zero-order valence-corrected chi connectivity index (χ0v) is 11.8. The number of carbonyl (C=O) groups is 1. The monoisotopic (exact) mass is 298 g/mol. The highest BCUT2D eigenvalue weighted by Crippen LogP contribution is 2.17. The Balaban J connectivity index is 2.47. The molecule has 0 heterocycles. The molecule has 1 aromatic carbocycles. The van der Waals surface area contributed by atoms with Gasteiger partial charge in [-0.1, -0.05) is 34.1 Å². The van der Waals surface area contributed by atoms with Crippen molar-refractivity contribution >= 4 is 21.8 Å². The van der Waals surface area contributed by atoms with Crippen molar-refractivity contribution in [3.05, 3.63) is 34.3 Å². The summed E-state index contributed by atoms with van der Waals surface area (Å²) in [4.78, 5) is 11.5. The molecule has 0 aromatic heterocycles. The maximum Gasteiger partial charge on any atom is 0.221 e. The molecule has 3 nitrogen and oxygen atoms in total. The first kappa shape index (κ1) is 14.2. The van der Waals surface area contributed by atoms with Gasteiger partial charge in [-0.15, -0.1) is 0 Å². The second kappa shape index (κ2) is 6.77. The molecule has 4 heteroatoms. The van der Waals surface area contributed by atoms with Gasteiger partial charge in [-0.25, -0.2) is 0 Å². The highest BCUT2D eigenvalue weighted by molar-refractivity contribution is 9.10. The number of benzene rings is 1. The molecule has 2 atom stereocenters. The maximum absolute atomic E-state index is 11.5. The first-order valence-electron chi connectivity index (χ1n) is 5.77. The van der Waals surface area contributed by atoms with E-state index < -0.39 is 0 Å². The molecule has 3 N–H and O–H groups in total. The van der Waals surface area contributed by atoms with Crippen molar-refractivity contribution in [3.8, 4) is 0 Å². The van der Waals surface area contributed by atoms with E-state index in [1.165, 1.54) is 5.56 Å². The standard InChI is InChI=1S/C13H19BrN2O/c1-9(15)7-13(17)16-10(2)8-11-5-3-4-6-12(11)14/h3-6,9-10H,7-8,15H2,1-2H3,(H,16,17). The van der Waals surface area contributed by atoms with E-state index in [1.807, 2.05) is 32.0 Å². The third-order valence-electron chi connectivity index (χ3n) is 2.40. The van der Waals surface area contributed by atoms with E-state index in [9.17, 15) is 4.79 Å². The Hall–Kier alpha value is -0.870. The van der Waals surface area contributed by atoms with Crippen LogP contribution < -0.4 is 11.1 Å². The van der Waals surface area contributed by atoms with Crippen LogP contribution in [0.2, 0.25) is 0 Å². The second-order valence-electron chi connectivity index (χ2n) is 4.45. The van der Waals surface area contributed by atoms with Gasteiger partial charge in [-0.2, -0.15) is 0 Å². The lowest BCUT2D eigenvalue weighted by molar-refractivity contribution is -0.121. The fourth-order valence-electron chi connectivity index (χ4n) is 1.67.